The predicted molar refractivity (Wildman–Crippen MR) is 112 cm³/mol. The molecular formula is C23H17N3O5. The van der Waals surface area contributed by atoms with Gasteiger partial charge in [0.1, 0.15) is 5.92 Å². The Morgan fingerprint density at radius 3 is 1.94 bits per heavy atom. The molecule has 2 aliphatic rings. The number of hydrogen-bond acceptors (Lipinski definition) is 6. The number of nitro benzene ring substituents is 1. The molecule has 0 radical (unpaired) electrons. The molecule has 3 atom stereocenters. The van der Waals surface area contributed by atoms with Crippen molar-refractivity contribution in [1.29, 1.82) is 0 Å². The maximum absolute atomic E-state index is 13.4. The minimum atomic E-state index is -0.979. The lowest BCUT2D eigenvalue weighted by atomic mass is 9.90. The van der Waals surface area contributed by atoms with Gasteiger partial charge in [-0.05, 0) is 29.8 Å². The Hall–Kier alpha value is -4.04. The van der Waals surface area contributed by atoms with Gasteiger partial charge in [-0.1, -0.05) is 48.5 Å². The van der Waals surface area contributed by atoms with E-state index in [2.05, 4.69) is 0 Å². The number of nitrogens with zero attached hydrogens (tertiary/aromatic N) is 3. The summed E-state index contributed by atoms with van der Waals surface area (Å²) in [5.74, 6) is -1.57. The van der Waals surface area contributed by atoms with Gasteiger partial charge in [0.05, 0.1) is 22.3 Å². The van der Waals surface area contributed by atoms with Crippen molar-refractivity contribution in [1.82, 2.24) is 0 Å². The molecular weight excluding hydrogens is 398 g/mol. The van der Waals surface area contributed by atoms with Crippen LogP contribution in [-0.2, 0) is 14.4 Å². The van der Waals surface area contributed by atoms with Crippen LogP contribution in [0.25, 0.3) is 0 Å². The average molecular weight is 415 g/mol. The molecule has 3 aromatic rings. The number of anilines is 2. The number of hydrogen-bond donors (Lipinski definition) is 0. The Bertz CT molecular complexity index is 1150. The molecule has 0 N–H and O–H groups in total. The molecule has 0 spiro atoms. The minimum absolute atomic E-state index is 0.0507. The van der Waals surface area contributed by atoms with E-state index < -0.39 is 28.9 Å². The highest BCUT2D eigenvalue weighted by atomic mass is 16.7. The molecule has 0 unspecified atom stereocenters. The van der Waals surface area contributed by atoms with Crippen LogP contribution in [0.15, 0.2) is 84.9 Å². The lowest BCUT2D eigenvalue weighted by Gasteiger charge is -2.28. The van der Waals surface area contributed by atoms with Crippen molar-refractivity contribution >= 4 is 28.9 Å². The van der Waals surface area contributed by atoms with Crippen molar-refractivity contribution in [3.05, 3.63) is 101 Å². The molecule has 31 heavy (non-hydrogen) atoms. The molecule has 5 rings (SSSR count). The molecule has 0 aromatic heterocycles. The van der Waals surface area contributed by atoms with Crippen LogP contribution < -0.4 is 9.96 Å². The van der Waals surface area contributed by atoms with Crippen molar-refractivity contribution in [2.75, 3.05) is 9.96 Å². The first-order chi connectivity index (χ1) is 15.1. The number of para-hydroxylation sites is 2. The highest BCUT2D eigenvalue weighted by Crippen LogP contribution is 2.47. The van der Waals surface area contributed by atoms with Crippen molar-refractivity contribution < 1.29 is 19.3 Å². The van der Waals surface area contributed by atoms with Crippen LogP contribution in [0.2, 0.25) is 0 Å². The second kappa shape index (κ2) is 7.33. The van der Waals surface area contributed by atoms with Gasteiger partial charge in [-0.15, -0.1) is 0 Å². The maximum Gasteiger partial charge on any atom is 0.269 e. The number of fused-ring (bicyclic) bond motifs is 1. The van der Waals surface area contributed by atoms with Crippen molar-refractivity contribution in [2.24, 2.45) is 5.92 Å². The second-order valence-electron chi connectivity index (χ2n) is 7.35. The van der Waals surface area contributed by atoms with Crippen LogP contribution >= 0.6 is 0 Å². The third kappa shape index (κ3) is 3.04. The standard InChI is InChI=1S/C23H17N3O5/c27-22-19-20(15-11-13-18(14-12-15)26(29)30)25(17-9-5-2-6-10-17)31-21(19)23(28)24(22)16-7-3-1-4-8-16/h1-14,19-21H/t19-,20+,21+/m0/s1. The molecule has 0 saturated carbocycles. The van der Waals surface area contributed by atoms with Crippen molar-refractivity contribution in [3.63, 3.8) is 0 Å². The predicted octanol–water partition coefficient (Wildman–Crippen LogP) is 3.65. The molecule has 2 aliphatic heterocycles. The van der Waals surface area contributed by atoms with Gasteiger partial charge in [-0.3, -0.25) is 24.5 Å². The molecule has 0 bridgehead atoms. The van der Waals surface area contributed by atoms with E-state index in [1.807, 2.05) is 36.4 Å². The van der Waals surface area contributed by atoms with E-state index in [0.29, 0.717) is 16.9 Å². The number of amides is 2. The Kier molecular flexibility index (Phi) is 4.48. The minimum Gasteiger partial charge on any atom is -0.273 e. The summed E-state index contributed by atoms with van der Waals surface area (Å²) in [6.07, 6.45) is -0.979. The average Bonchev–Trinajstić information content (AvgIpc) is 3.31. The first kappa shape index (κ1) is 19.0. The fraction of sp³-hybridized carbons (Fsp3) is 0.130. The lowest BCUT2D eigenvalue weighted by molar-refractivity contribution is -0.384. The fourth-order valence-corrected chi connectivity index (χ4v) is 4.18. The summed E-state index contributed by atoms with van der Waals surface area (Å²) in [4.78, 5) is 44.4. The van der Waals surface area contributed by atoms with Crippen molar-refractivity contribution in [2.45, 2.75) is 12.1 Å². The Morgan fingerprint density at radius 1 is 0.774 bits per heavy atom. The summed E-state index contributed by atoms with van der Waals surface area (Å²) in [5.41, 5.74) is 1.78. The lowest BCUT2D eigenvalue weighted by Crippen LogP contribution is -2.37. The van der Waals surface area contributed by atoms with Gasteiger partial charge < -0.3 is 0 Å². The van der Waals surface area contributed by atoms with E-state index in [1.54, 1.807) is 41.5 Å². The molecule has 8 heteroatoms. The summed E-state index contributed by atoms with van der Waals surface area (Å²) in [7, 11) is 0. The van der Waals surface area contributed by atoms with Crippen molar-refractivity contribution in [3.8, 4) is 0 Å². The van der Waals surface area contributed by atoms with E-state index in [-0.39, 0.29) is 11.6 Å². The topological polar surface area (TPSA) is 93.0 Å². The van der Waals surface area contributed by atoms with Gasteiger partial charge in [-0.2, -0.15) is 0 Å². The number of benzene rings is 3. The number of rotatable bonds is 4. The van der Waals surface area contributed by atoms with E-state index >= 15 is 0 Å². The van der Waals surface area contributed by atoms with Crippen LogP contribution in [-0.4, -0.2) is 22.8 Å². The van der Waals surface area contributed by atoms with Gasteiger partial charge in [0, 0.05) is 12.1 Å². The molecule has 2 saturated heterocycles. The number of carbonyl (C=O) groups is 2. The molecule has 8 nitrogen and oxygen atoms in total. The summed E-state index contributed by atoms with van der Waals surface area (Å²) >= 11 is 0. The summed E-state index contributed by atoms with van der Waals surface area (Å²) in [6.45, 7) is 0. The summed E-state index contributed by atoms with van der Waals surface area (Å²) in [5, 5.41) is 12.6. The van der Waals surface area contributed by atoms with Crippen LogP contribution in [0.4, 0.5) is 17.1 Å². The third-order valence-electron chi connectivity index (χ3n) is 5.59. The number of non-ortho nitro benzene ring substituents is 1. The Morgan fingerprint density at radius 2 is 1.35 bits per heavy atom. The molecule has 3 aromatic carbocycles. The van der Waals surface area contributed by atoms with Crippen LogP contribution in [0.5, 0.6) is 0 Å². The monoisotopic (exact) mass is 415 g/mol. The first-order valence-electron chi connectivity index (χ1n) is 9.74. The molecule has 154 valence electrons. The Labute approximate surface area is 177 Å². The number of carbonyl (C=O) groups excluding carboxylic acids is 2. The number of imide groups is 1. The van der Waals surface area contributed by atoms with Crippen LogP contribution in [0.3, 0.4) is 0 Å². The van der Waals surface area contributed by atoms with E-state index in [0.717, 1.165) is 4.90 Å². The zero-order valence-corrected chi connectivity index (χ0v) is 16.2. The largest absolute Gasteiger partial charge is 0.273 e. The smallest absolute Gasteiger partial charge is 0.269 e. The number of hydroxylamine groups is 1. The van der Waals surface area contributed by atoms with Gasteiger partial charge in [0.15, 0.2) is 6.10 Å². The highest BCUT2D eigenvalue weighted by Gasteiger charge is 2.60. The normalized spacial score (nSPS) is 22.6. The number of nitro groups is 1. The highest BCUT2D eigenvalue weighted by molar-refractivity contribution is 6.23. The molecule has 2 fully saturated rings. The van der Waals surface area contributed by atoms with Gasteiger partial charge in [0.2, 0.25) is 5.91 Å². The van der Waals surface area contributed by atoms with E-state index in [9.17, 15) is 19.7 Å². The van der Waals surface area contributed by atoms with Crippen LogP contribution in [0.1, 0.15) is 11.6 Å². The molecule has 2 amide bonds. The van der Waals surface area contributed by atoms with Crippen LogP contribution in [0, 0.1) is 16.0 Å². The zero-order chi connectivity index (χ0) is 21.5. The summed E-state index contributed by atoms with van der Waals surface area (Å²) < 4.78 is 0. The maximum atomic E-state index is 13.4. The SMILES string of the molecule is O=C1[C@H]2[C@@H](c3ccc([N+](=O)[O-])cc3)N(c3ccccc3)O[C@H]2C(=O)N1c1ccccc1. The molecule has 0 aliphatic carbocycles. The third-order valence-corrected chi connectivity index (χ3v) is 5.59. The summed E-state index contributed by atoms with van der Waals surface area (Å²) in [6, 6.07) is 23.3. The quantitative estimate of drug-likeness (QED) is 0.367. The van der Waals surface area contributed by atoms with Gasteiger partial charge in [-0.25, -0.2) is 9.96 Å². The van der Waals surface area contributed by atoms with Gasteiger partial charge in [0.25, 0.3) is 11.6 Å². The second-order valence-corrected chi connectivity index (χ2v) is 7.35. The van der Waals surface area contributed by atoms with Gasteiger partial charge >= 0.3 is 0 Å². The fourth-order valence-electron chi connectivity index (χ4n) is 4.18. The zero-order valence-electron chi connectivity index (χ0n) is 16.2. The molecule has 2 heterocycles. The van der Waals surface area contributed by atoms with E-state index in [1.165, 1.54) is 12.1 Å². The Balaban J connectivity index is 1.58. The first-order valence-corrected chi connectivity index (χ1v) is 9.74. The van der Waals surface area contributed by atoms with E-state index in [4.69, 9.17) is 4.84 Å².